The van der Waals surface area contributed by atoms with E-state index >= 15 is 0 Å². The number of ether oxygens (including phenoxy) is 1. The van der Waals surface area contributed by atoms with Gasteiger partial charge in [0.15, 0.2) is 0 Å². The van der Waals surface area contributed by atoms with Crippen molar-refractivity contribution in [2.24, 2.45) is 0 Å². The SMILES string of the molecule is CC(C)NS(=O)(=O)Cc1ccccc1CNC(=O)C(C)OCc1ccccc1. The van der Waals surface area contributed by atoms with Crippen LogP contribution in [0.15, 0.2) is 54.6 Å². The van der Waals surface area contributed by atoms with E-state index in [1.807, 2.05) is 42.5 Å². The van der Waals surface area contributed by atoms with E-state index in [9.17, 15) is 13.2 Å². The molecule has 1 unspecified atom stereocenters. The van der Waals surface area contributed by atoms with Crippen LogP contribution in [0.4, 0.5) is 0 Å². The maximum absolute atomic E-state index is 12.3. The summed E-state index contributed by atoms with van der Waals surface area (Å²) < 4.78 is 32.6. The number of amides is 1. The molecule has 1 amide bonds. The molecule has 152 valence electrons. The van der Waals surface area contributed by atoms with E-state index in [1.165, 1.54) is 0 Å². The molecule has 0 aliphatic carbocycles. The first-order valence-electron chi connectivity index (χ1n) is 9.27. The van der Waals surface area contributed by atoms with Crippen molar-refractivity contribution < 1.29 is 17.9 Å². The molecule has 0 aliphatic rings. The van der Waals surface area contributed by atoms with Gasteiger partial charge in [-0.25, -0.2) is 13.1 Å². The second kappa shape index (κ2) is 10.4. The lowest BCUT2D eigenvalue weighted by Gasteiger charge is -2.16. The number of sulfonamides is 1. The van der Waals surface area contributed by atoms with Gasteiger partial charge in [-0.3, -0.25) is 4.79 Å². The molecular formula is C21H28N2O4S. The van der Waals surface area contributed by atoms with Gasteiger partial charge in [-0.15, -0.1) is 0 Å². The lowest BCUT2D eigenvalue weighted by atomic mass is 10.1. The first-order valence-corrected chi connectivity index (χ1v) is 10.9. The summed E-state index contributed by atoms with van der Waals surface area (Å²) >= 11 is 0. The van der Waals surface area contributed by atoms with Crippen LogP contribution in [0.3, 0.4) is 0 Å². The highest BCUT2D eigenvalue weighted by Gasteiger charge is 2.17. The van der Waals surface area contributed by atoms with E-state index in [1.54, 1.807) is 32.9 Å². The molecule has 0 heterocycles. The number of hydrogen-bond donors (Lipinski definition) is 2. The fourth-order valence-corrected chi connectivity index (χ4v) is 4.17. The maximum atomic E-state index is 12.3. The minimum absolute atomic E-state index is 0.128. The Morgan fingerprint density at radius 1 is 0.964 bits per heavy atom. The zero-order valence-electron chi connectivity index (χ0n) is 16.5. The normalized spacial score (nSPS) is 12.7. The minimum atomic E-state index is -3.44. The topological polar surface area (TPSA) is 84.5 Å². The van der Waals surface area contributed by atoms with Gasteiger partial charge in [0.1, 0.15) is 6.10 Å². The molecule has 7 heteroatoms. The Labute approximate surface area is 167 Å². The monoisotopic (exact) mass is 404 g/mol. The highest BCUT2D eigenvalue weighted by atomic mass is 32.2. The summed E-state index contributed by atoms with van der Waals surface area (Å²) in [6.45, 7) is 5.85. The van der Waals surface area contributed by atoms with E-state index in [2.05, 4.69) is 10.0 Å². The third-order valence-electron chi connectivity index (χ3n) is 4.04. The lowest BCUT2D eigenvalue weighted by molar-refractivity contribution is -0.132. The minimum Gasteiger partial charge on any atom is -0.364 e. The summed E-state index contributed by atoms with van der Waals surface area (Å²) in [5.74, 6) is -0.369. The molecule has 2 aromatic rings. The van der Waals surface area contributed by atoms with Crippen LogP contribution in [0, 0.1) is 0 Å². The number of nitrogens with one attached hydrogen (secondary N) is 2. The van der Waals surface area contributed by atoms with Crippen molar-refractivity contribution in [2.45, 2.75) is 51.8 Å². The molecule has 0 fully saturated rings. The Bertz CT molecular complexity index is 867. The van der Waals surface area contributed by atoms with Gasteiger partial charge >= 0.3 is 0 Å². The van der Waals surface area contributed by atoms with Gasteiger partial charge < -0.3 is 10.1 Å². The molecule has 0 aromatic heterocycles. The third kappa shape index (κ3) is 7.42. The highest BCUT2D eigenvalue weighted by molar-refractivity contribution is 7.88. The molecule has 28 heavy (non-hydrogen) atoms. The fraction of sp³-hybridized carbons (Fsp3) is 0.381. The Balaban J connectivity index is 1.92. The summed E-state index contributed by atoms with van der Waals surface area (Å²) in [6, 6.07) is 16.7. The van der Waals surface area contributed by atoms with Crippen LogP contribution in [0.2, 0.25) is 0 Å². The standard InChI is InChI=1S/C21H28N2O4S/c1-16(2)23-28(25,26)15-20-12-8-7-11-19(20)13-22-21(24)17(3)27-14-18-9-5-4-6-10-18/h4-12,16-17,23H,13-15H2,1-3H3,(H,22,24). The summed E-state index contributed by atoms with van der Waals surface area (Å²) in [4.78, 5) is 12.3. The van der Waals surface area contributed by atoms with E-state index < -0.39 is 16.1 Å². The van der Waals surface area contributed by atoms with Crippen molar-refractivity contribution in [3.8, 4) is 0 Å². The molecule has 2 N–H and O–H groups in total. The van der Waals surface area contributed by atoms with Gasteiger partial charge in [0, 0.05) is 12.6 Å². The number of rotatable bonds is 10. The van der Waals surface area contributed by atoms with Gasteiger partial charge in [-0.05, 0) is 37.5 Å². The summed E-state index contributed by atoms with van der Waals surface area (Å²) in [5.41, 5.74) is 2.42. The molecule has 0 radical (unpaired) electrons. The van der Waals surface area contributed by atoms with E-state index in [0.717, 1.165) is 11.1 Å². The number of benzene rings is 2. The Morgan fingerprint density at radius 3 is 2.21 bits per heavy atom. The van der Waals surface area contributed by atoms with E-state index in [4.69, 9.17) is 4.74 Å². The van der Waals surface area contributed by atoms with Crippen molar-refractivity contribution in [3.05, 3.63) is 71.3 Å². The molecule has 0 saturated carbocycles. The van der Waals surface area contributed by atoms with Gasteiger partial charge in [0.2, 0.25) is 15.9 Å². The quantitative estimate of drug-likeness (QED) is 0.638. The van der Waals surface area contributed by atoms with Crippen LogP contribution in [0.1, 0.15) is 37.5 Å². The van der Waals surface area contributed by atoms with Crippen molar-refractivity contribution in [3.63, 3.8) is 0 Å². The Hall–Kier alpha value is -2.22. The van der Waals surface area contributed by atoms with Crippen LogP contribution in [-0.2, 0) is 38.5 Å². The fourth-order valence-electron chi connectivity index (χ4n) is 2.67. The largest absolute Gasteiger partial charge is 0.364 e. The van der Waals surface area contributed by atoms with E-state index in [0.29, 0.717) is 12.2 Å². The molecule has 1 atom stereocenters. The Kier molecular flexibility index (Phi) is 8.17. The molecular weight excluding hydrogens is 376 g/mol. The van der Waals surface area contributed by atoms with Gasteiger partial charge in [0.05, 0.1) is 12.4 Å². The van der Waals surface area contributed by atoms with Crippen LogP contribution in [0.25, 0.3) is 0 Å². The predicted molar refractivity (Wildman–Crippen MR) is 110 cm³/mol. The number of carbonyl (C=O) groups is 1. The molecule has 6 nitrogen and oxygen atoms in total. The number of hydrogen-bond acceptors (Lipinski definition) is 4. The average molecular weight is 405 g/mol. The third-order valence-corrected chi connectivity index (χ3v) is 5.57. The van der Waals surface area contributed by atoms with Crippen LogP contribution < -0.4 is 10.0 Å². The van der Waals surface area contributed by atoms with Crippen molar-refractivity contribution in [2.75, 3.05) is 0 Å². The molecule has 0 aliphatic heterocycles. The molecule has 0 spiro atoms. The maximum Gasteiger partial charge on any atom is 0.249 e. The van der Waals surface area contributed by atoms with E-state index in [-0.39, 0.29) is 24.2 Å². The molecule has 2 rings (SSSR count). The summed E-state index contributed by atoms with van der Waals surface area (Å²) in [5, 5.41) is 2.82. The second-order valence-corrected chi connectivity index (χ2v) is 8.71. The summed E-state index contributed by atoms with van der Waals surface area (Å²) in [7, 11) is -3.44. The van der Waals surface area contributed by atoms with Crippen LogP contribution in [-0.4, -0.2) is 26.5 Å². The molecule has 0 bridgehead atoms. The van der Waals surface area contributed by atoms with Gasteiger partial charge in [-0.1, -0.05) is 54.6 Å². The first-order chi connectivity index (χ1) is 13.3. The van der Waals surface area contributed by atoms with Crippen molar-refractivity contribution in [1.82, 2.24) is 10.0 Å². The lowest BCUT2D eigenvalue weighted by Crippen LogP contribution is -2.34. The zero-order chi connectivity index (χ0) is 20.6. The highest BCUT2D eigenvalue weighted by Crippen LogP contribution is 2.13. The number of carbonyl (C=O) groups excluding carboxylic acids is 1. The molecule has 2 aromatic carbocycles. The van der Waals surface area contributed by atoms with Crippen LogP contribution in [0.5, 0.6) is 0 Å². The van der Waals surface area contributed by atoms with Crippen molar-refractivity contribution in [1.29, 1.82) is 0 Å². The summed E-state index contributed by atoms with van der Waals surface area (Å²) in [6.07, 6.45) is -0.612. The van der Waals surface area contributed by atoms with Gasteiger partial charge in [-0.2, -0.15) is 0 Å². The smallest absolute Gasteiger partial charge is 0.249 e. The zero-order valence-corrected chi connectivity index (χ0v) is 17.3. The Morgan fingerprint density at radius 2 is 1.57 bits per heavy atom. The van der Waals surface area contributed by atoms with Crippen molar-refractivity contribution >= 4 is 15.9 Å². The average Bonchev–Trinajstić information content (AvgIpc) is 2.64. The predicted octanol–water partition coefficient (Wildman–Crippen LogP) is 2.74. The second-order valence-electron chi connectivity index (χ2n) is 6.96. The molecule has 0 saturated heterocycles. The first kappa shape index (κ1) is 22.1. The van der Waals surface area contributed by atoms with Crippen LogP contribution >= 0.6 is 0 Å². The van der Waals surface area contributed by atoms with Gasteiger partial charge in [0.25, 0.3) is 0 Å².